The molecule has 5 nitrogen and oxygen atoms in total. The lowest BCUT2D eigenvalue weighted by molar-refractivity contribution is -0.162. The number of esters is 2. The van der Waals surface area contributed by atoms with Crippen molar-refractivity contribution >= 4 is 11.9 Å². The van der Waals surface area contributed by atoms with Crippen molar-refractivity contribution in [2.75, 3.05) is 19.8 Å². The molecule has 1 unspecified atom stereocenters. The Morgan fingerprint density at radius 3 is 1.35 bits per heavy atom. The van der Waals surface area contributed by atoms with Crippen molar-refractivity contribution in [1.29, 1.82) is 0 Å². The van der Waals surface area contributed by atoms with Crippen LogP contribution >= 0.6 is 0 Å². The monoisotopic (exact) mass is 729 g/mol. The molecule has 0 amide bonds. The van der Waals surface area contributed by atoms with Gasteiger partial charge in [0.2, 0.25) is 0 Å². The molecule has 0 aromatic rings. The Hall–Kier alpha value is -2.14. The van der Waals surface area contributed by atoms with Crippen LogP contribution in [0.4, 0.5) is 0 Å². The fraction of sp³-hybridized carbons (Fsp3) is 0.787. The van der Waals surface area contributed by atoms with Gasteiger partial charge in [-0.25, -0.2) is 0 Å². The lowest BCUT2D eigenvalue weighted by Gasteiger charge is -2.18. The van der Waals surface area contributed by atoms with Crippen LogP contribution in [0.5, 0.6) is 0 Å². The van der Waals surface area contributed by atoms with Crippen LogP contribution in [0.2, 0.25) is 0 Å². The van der Waals surface area contributed by atoms with Gasteiger partial charge in [-0.2, -0.15) is 0 Å². The summed E-state index contributed by atoms with van der Waals surface area (Å²) in [6.07, 6.45) is 51.3. The molecule has 5 heteroatoms. The first kappa shape index (κ1) is 49.9. The molecule has 0 heterocycles. The minimum atomic E-state index is -0.556. The molecule has 1 atom stereocenters. The molecule has 52 heavy (non-hydrogen) atoms. The summed E-state index contributed by atoms with van der Waals surface area (Å²) in [6, 6.07) is 0. The van der Waals surface area contributed by atoms with Crippen molar-refractivity contribution in [3.8, 4) is 0 Å². The molecule has 0 aliphatic carbocycles. The average Bonchev–Trinajstić information content (AvgIpc) is 3.14. The molecule has 0 bridgehead atoms. The molecule has 0 saturated heterocycles. The highest BCUT2D eigenvalue weighted by atomic mass is 16.6. The van der Waals surface area contributed by atoms with E-state index in [1.807, 2.05) is 6.08 Å². The number of unbranched alkanes of at least 4 members (excludes halogenated alkanes) is 21. The van der Waals surface area contributed by atoms with Crippen molar-refractivity contribution < 1.29 is 23.8 Å². The summed E-state index contributed by atoms with van der Waals surface area (Å²) >= 11 is 0. The molecule has 302 valence electrons. The summed E-state index contributed by atoms with van der Waals surface area (Å²) < 4.78 is 17.2. The molecule has 0 aromatic carbocycles. The number of hydrogen-bond acceptors (Lipinski definition) is 5. The normalized spacial score (nSPS) is 12.6. The van der Waals surface area contributed by atoms with Gasteiger partial charge in [-0.05, 0) is 44.9 Å². The van der Waals surface area contributed by atoms with E-state index in [0.29, 0.717) is 25.9 Å². The van der Waals surface area contributed by atoms with Gasteiger partial charge in [0.15, 0.2) is 6.10 Å². The number of allylic oxidation sites excluding steroid dienone is 8. The molecule has 0 saturated carbocycles. The van der Waals surface area contributed by atoms with Crippen molar-refractivity contribution in [2.45, 2.75) is 219 Å². The van der Waals surface area contributed by atoms with E-state index >= 15 is 0 Å². The highest BCUT2D eigenvalue weighted by molar-refractivity contribution is 5.70. The predicted molar refractivity (Wildman–Crippen MR) is 224 cm³/mol. The van der Waals surface area contributed by atoms with Crippen molar-refractivity contribution in [3.63, 3.8) is 0 Å². The first-order valence-corrected chi connectivity index (χ1v) is 22.2. The molecule has 0 aliphatic heterocycles. The summed E-state index contributed by atoms with van der Waals surface area (Å²) in [6.45, 7) is 7.61. The SMILES string of the molecule is CC/C=C\C/C=C\C/C=C\C/C=C\CCC(=O)OCC(COCCCCCCCCCCCCCCCCCC)OC(=O)CCCCCCCCC. The Kier molecular flexibility index (Phi) is 41.5. The van der Waals surface area contributed by atoms with E-state index in [0.717, 1.165) is 57.8 Å². The number of hydrogen-bond donors (Lipinski definition) is 0. The second-order valence-corrected chi connectivity index (χ2v) is 14.6. The van der Waals surface area contributed by atoms with Gasteiger partial charge in [0.25, 0.3) is 0 Å². The van der Waals surface area contributed by atoms with E-state index in [2.05, 4.69) is 63.3 Å². The number of carbonyl (C=O) groups is 2. The van der Waals surface area contributed by atoms with E-state index in [1.165, 1.54) is 116 Å². The molecular weight excluding hydrogens is 645 g/mol. The lowest BCUT2D eigenvalue weighted by atomic mass is 10.0. The van der Waals surface area contributed by atoms with Crippen LogP contribution in [0, 0.1) is 0 Å². The van der Waals surface area contributed by atoms with Crippen LogP contribution in [0.1, 0.15) is 213 Å². The van der Waals surface area contributed by atoms with Gasteiger partial charge in [-0.15, -0.1) is 0 Å². The minimum absolute atomic E-state index is 0.0504. The largest absolute Gasteiger partial charge is 0.462 e. The number of carbonyl (C=O) groups excluding carboxylic acids is 2. The fourth-order valence-corrected chi connectivity index (χ4v) is 6.11. The molecule has 0 aromatic heterocycles. The van der Waals surface area contributed by atoms with Crippen LogP contribution in [-0.2, 0) is 23.8 Å². The predicted octanol–water partition coefficient (Wildman–Crippen LogP) is 14.4. The van der Waals surface area contributed by atoms with E-state index in [9.17, 15) is 9.59 Å². The summed E-state index contributed by atoms with van der Waals surface area (Å²) in [5.41, 5.74) is 0. The van der Waals surface area contributed by atoms with Gasteiger partial charge in [0.1, 0.15) is 6.61 Å². The first-order chi connectivity index (χ1) is 25.6. The molecule has 0 rings (SSSR count). The average molecular weight is 729 g/mol. The smallest absolute Gasteiger partial charge is 0.306 e. The maximum atomic E-state index is 12.6. The number of rotatable bonds is 40. The maximum Gasteiger partial charge on any atom is 0.306 e. The third-order valence-electron chi connectivity index (χ3n) is 9.39. The van der Waals surface area contributed by atoms with E-state index in [-0.39, 0.29) is 25.2 Å². The van der Waals surface area contributed by atoms with Crippen molar-refractivity contribution in [2.24, 2.45) is 0 Å². The topological polar surface area (TPSA) is 61.8 Å². The summed E-state index contributed by atoms with van der Waals surface area (Å²) in [4.78, 5) is 25.0. The van der Waals surface area contributed by atoms with Gasteiger partial charge >= 0.3 is 11.9 Å². The van der Waals surface area contributed by atoms with Crippen molar-refractivity contribution in [1.82, 2.24) is 0 Å². The third-order valence-corrected chi connectivity index (χ3v) is 9.39. The molecular formula is C47H84O5. The Balaban J connectivity index is 4.21. The standard InChI is InChI=1S/C47H84O5/c1-4-7-10-13-16-18-20-22-23-24-26-28-30-33-36-39-42-50-43-45(52-47(49)41-38-35-31-15-12-9-6-3)44-51-46(48)40-37-34-32-29-27-25-21-19-17-14-11-8-5-2/h8,11,17,19,25,27,32,34,45H,4-7,9-10,12-16,18,20-24,26,28-31,33,35-44H2,1-3H3/b11-8-,19-17-,27-25-,34-32-. The quantitative estimate of drug-likeness (QED) is 0.0357. The molecule has 0 fully saturated rings. The second kappa shape index (κ2) is 43.3. The molecule has 0 N–H and O–H groups in total. The summed E-state index contributed by atoms with van der Waals surface area (Å²) in [7, 11) is 0. The molecule has 0 spiro atoms. The fourth-order valence-electron chi connectivity index (χ4n) is 6.11. The Morgan fingerprint density at radius 2 is 0.865 bits per heavy atom. The molecule has 0 aliphatic rings. The van der Waals surface area contributed by atoms with Crippen LogP contribution in [0.15, 0.2) is 48.6 Å². The highest BCUT2D eigenvalue weighted by Gasteiger charge is 2.17. The zero-order chi connectivity index (χ0) is 37.8. The Morgan fingerprint density at radius 1 is 0.442 bits per heavy atom. The maximum absolute atomic E-state index is 12.6. The van der Waals surface area contributed by atoms with Crippen LogP contribution in [0.3, 0.4) is 0 Å². The number of ether oxygens (including phenoxy) is 3. The lowest BCUT2D eigenvalue weighted by Crippen LogP contribution is -2.30. The minimum Gasteiger partial charge on any atom is -0.462 e. The van der Waals surface area contributed by atoms with Crippen LogP contribution in [-0.4, -0.2) is 37.9 Å². The zero-order valence-electron chi connectivity index (χ0n) is 34.6. The Labute approximate surface area is 322 Å². The van der Waals surface area contributed by atoms with Gasteiger partial charge in [-0.1, -0.05) is 204 Å². The van der Waals surface area contributed by atoms with Crippen LogP contribution in [0.25, 0.3) is 0 Å². The third kappa shape index (κ3) is 40.6. The summed E-state index contributed by atoms with van der Waals surface area (Å²) in [5.74, 6) is -0.492. The zero-order valence-corrected chi connectivity index (χ0v) is 34.6. The van der Waals surface area contributed by atoms with Gasteiger partial charge < -0.3 is 14.2 Å². The first-order valence-electron chi connectivity index (χ1n) is 22.2. The van der Waals surface area contributed by atoms with Gasteiger partial charge in [-0.3, -0.25) is 9.59 Å². The summed E-state index contributed by atoms with van der Waals surface area (Å²) in [5, 5.41) is 0. The van der Waals surface area contributed by atoms with Gasteiger partial charge in [0.05, 0.1) is 6.61 Å². The van der Waals surface area contributed by atoms with Crippen molar-refractivity contribution in [3.05, 3.63) is 48.6 Å². The second-order valence-electron chi connectivity index (χ2n) is 14.6. The van der Waals surface area contributed by atoms with E-state index in [1.54, 1.807) is 0 Å². The van der Waals surface area contributed by atoms with Crippen LogP contribution < -0.4 is 0 Å². The highest BCUT2D eigenvalue weighted by Crippen LogP contribution is 2.14. The van der Waals surface area contributed by atoms with Gasteiger partial charge in [0, 0.05) is 19.4 Å². The van der Waals surface area contributed by atoms with E-state index in [4.69, 9.17) is 14.2 Å². The molecule has 0 radical (unpaired) electrons. The van der Waals surface area contributed by atoms with E-state index < -0.39 is 6.10 Å². The Bertz CT molecular complexity index is 873.